The Morgan fingerprint density at radius 3 is 1.43 bits per heavy atom. The summed E-state index contributed by atoms with van der Waals surface area (Å²) in [5, 5.41) is 5.50. The van der Waals surface area contributed by atoms with Gasteiger partial charge in [0.05, 0.1) is 0 Å². The standard InChI is InChI=1S/C3H6N2.CH3N/c1-4-3-5-2;1-2/h1-3H2;2H,1H2/p+2. The van der Waals surface area contributed by atoms with Crippen molar-refractivity contribution < 1.29 is 9.98 Å². The quantitative estimate of drug-likeness (QED) is 0.242. The molecule has 0 bridgehead atoms. The molecule has 3 N–H and O–H groups in total. The zero-order valence-corrected chi connectivity index (χ0v) is 4.33. The van der Waals surface area contributed by atoms with Gasteiger partial charge in [-0.2, -0.15) is 9.98 Å². The third kappa shape index (κ3) is 44.5. The maximum absolute atomic E-state index is 5.50. The van der Waals surface area contributed by atoms with Gasteiger partial charge in [0.15, 0.2) is 0 Å². The van der Waals surface area contributed by atoms with Crippen LogP contribution in [-0.4, -0.2) is 26.8 Å². The first-order valence-electron chi connectivity index (χ1n) is 1.77. The monoisotopic (exact) mass is 101 g/mol. The molecule has 3 nitrogen and oxygen atoms in total. The lowest BCUT2D eigenvalue weighted by atomic mass is 11.1. The van der Waals surface area contributed by atoms with Crippen LogP contribution >= 0.6 is 0 Å². The summed E-state index contributed by atoms with van der Waals surface area (Å²) in [7, 11) is 0. The fraction of sp³-hybridized carbons (Fsp3) is 0.250. The van der Waals surface area contributed by atoms with Gasteiger partial charge >= 0.3 is 6.67 Å². The highest BCUT2D eigenvalue weighted by Crippen LogP contribution is 0.721. The lowest BCUT2D eigenvalue weighted by Crippen LogP contribution is -2.89. The minimum absolute atomic E-state index is 0.667. The van der Waals surface area contributed by atoms with E-state index in [0.717, 1.165) is 0 Å². The van der Waals surface area contributed by atoms with Crippen molar-refractivity contribution in [1.29, 1.82) is 5.41 Å². The number of hydrogen-bond donors (Lipinski definition) is 3. The Labute approximate surface area is 43.3 Å². The Morgan fingerprint density at radius 2 is 1.43 bits per heavy atom. The van der Waals surface area contributed by atoms with Gasteiger partial charge in [-0.1, -0.05) is 0 Å². The molecule has 40 valence electrons. The van der Waals surface area contributed by atoms with Crippen molar-refractivity contribution in [3.05, 3.63) is 0 Å². The highest BCUT2D eigenvalue weighted by Gasteiger charge is 1.65. The van der Waals surface area contributed by atoms with Crippen molar-refractivity contribution in [2.24, 2.45) is 0 Å². The van der Waals surface area contributed by atoms with Crippen LogP contribution in [0.2, 0.25) is 0 Å². The Bertz CT molecular complexity index is 44.9. The summed E-state index contributed by atoms with van der Waals surface area (Å²) in [6.45, 7) is 9.81. The lowest BCUT2D eigenvalue weighted by Gasteiger charge is -1.55. The van der Waals surface area contributed by atoms with Crippen molar-refractivity contribution in [1.82, 2.24) is 0 Å². The average Bonchev–Trinajstić information content (AvgIpc) is 1.75. The maximum atomic E-state index is 5.50. The van der Waals surface area contributed by atoms with Gasteiger partial charge in [0.1, 0.15) is 13.4 Å². The van der Waals surface area contributed by atoms with Gasteiger partial charge < -0.3 is 5.41 Å². The van der Waals surface area contributed by atoms with Crippen LogP contribution in [0.1, 0.15) is 0 Å². The molecule has 0 aliphatic carbocycles. The molecule has 0 radical (unpaired) electrons. The first kappa shape index (κ1) is 9.38. The van der Waals surface area contributed by atoms with E-state index in [9.17, 15) is 0 Å². The van der Waals surface area contributed by atoms with Crippen LogP contribution in [0.3, 0.4) is 0 Å². The van der Waals surface area contributed by atoms with Crippen molar-refractivity contribution in [3.63, 3.8) is 0 Å². The zero-order chi connectivity index (χ0) is 6.12. The van der Waals surface area contributed by atoms with E-state index < -0.39 is 0 Å². The summed E-state index contributed by atoms with van der Waals surface area (Å²) < 4.78 is 0. The molecule has 0 unspecified atom stereocenters. The van der Waals surface area contributed by atoms with Crippen molar-refractivity contribution in [2.75, 3.05) is 6.67 Å². The van der Waals surface area contributed by atoms with E-state index >= 15 is 0 Å². The second-order valence-corrected chi connectivity index (χ2v) is 0.677. The molecule has 0 atom stereocenters. The molecule has 0 aromatic carbocycles. The lowest BCUT2D eigenvalue weighted by molar-refractivity contribution is -0.671. The van der Waals surface area contributed by atoms with Crippen LogP contribution in [0.15, 0.2) is 0 Å². The van der Waals surface area contributed by atoms with E-state index in [1.54, 1.807) is 0 Å². The molecule has 0 spiro atoms. The third-order valence-electron chi connectivity index (χ3n) is 0.250. The van der Waals surface area contributed by atoms with E-state index in [-0.39, 0.29) is 0 Å². The SMILES string of the molecule is C=N.C=[NH+]C[NH+]=C. The predicted molar refractivity (Wildman–Crippen MR) is 30.9 cm³/mol. The molecule has 0 aliphatic heterocycles. The minimum atomic E-state index is 0.667. The topological polar surface area (TPSA) is 51.8 Å². The normalized spacial score (nSPS) is 5.14. The van der Waals surface area contributed by atoms with E-state index in [1.807, 2.05) is 0 Å². The van der Waals surface area contributed by atoms with Crippen LogP contribution in [0.4, 0.5) is 0 Å². The third-order valence-corrected chi connectivity index (χ3v) is 0.250. The number of hydrogen-bond acceptors (Lipinski definition) is 1. The van der Waals surface area contributed by atoms with Gasteiger partial charge in [-0.25, -0.2) is 0 Å². The van der Waals surface area contributed by atoms with Gasteiger partial charge in [-0.3, -0.25) is 0 Å². The smallest absolute Gasteiger partial charge is 0.317 e. The molecule has 0 aliphatic rings. The minimum Gasteiger partial charge on any atom is -0.317 e. The summed E-state index contributed by atoms with van der Waals surface area (Å²) in [6, 6.07) is 0. The molecular formula is C4H11N3+2. The number of rotatable bonds is 2. The van der Waals surface area contributed by atoms with Crippen LogP contribution < -0.4 is 9.98 Å². The summed E-state index contributed by atoms with van der Waals surface area (Å²) in [6.07, 6.45) is 0. The second-order valence-electron chi connectivity index (χ2n) is 0.677. The van der Waals surface area contributed by atoms with Gasteiger partial charge in [0, 0.05) is 0 Å². The Balaban J connectivity index is 0. The molecule has 0 saturated heterocycles. The first-order chi connectivity index (χ1) is 3.41. The van der Waals surface area contributed by atoms with Gasteiger partial charge in [0.25, 0.3) is 0 Å². The molecule has 0 amide bonds. The first-order valence-corrected chi connectivity index (χ1v) is 1.77. The summed E-state index contributed by atoms with van der Waals surface area (Å²) in [5.41, 5.74) is 0. The molecule has 0 saturated carbocycles. The van der Waals surface area contributed by atoms with Crippen molar-refractivity contribution in [2.45, 2.75) is 0 Å². The molecule has 0 rings (SSSR count). The van der Waals surface area contributed by atoms with Crippen LogP contribution in [0.25, 0.3) is 0 Å². The molecule has 0 heterocycles. The Kier molecular flexibility index (Phi) is 26.7. The fourth-order valence-corrected chi connectivity index (χ4v) is 0.0884. The van der Waals surface area contributed by atoms with Crippen molar-refractivity contribution >= 4 is 20.2 Å². The van der Waals surface area contributed by atoms with E-state index in [4.69, 9.17) is 5.41 Å². The molecule has 3 heteroatoms. The zero-order valence-electron chi connectivity index (χ0n) is 4.33. The van der Waals surface area contributed by atoms with Gasteiger partial charge in [0.2, 0.25) is 0 Å². The molecule has 0 aromatic heterocycles. The Hall–Kier alpha value is -0.990. The largest absolute Gasteiger partial charge is 0.329 e. The summed E-state index contributed by atoms with van der Waals surface area (Å²) >= 11 is 0. The molecule has 0 fully saturated rings. The summed E-state index contributed by atoms with van der Waals surface area (Å²) in [4.78, 5) is 5.19. The molecular weight excluding hydrogens is 90.1 g/mol. The van der Waals surface area contributed by atoms with Crippen molar-refractivity contribution in [3.8, 4) is 0 Å². The number of nitrogens with one attached hydrogen (secondary N) is 3. The van der Waals surface area contributed by atoms with Crippen LogP contribution in [0.5, 0.6) is 0 Å². The van der Waals surface area contributed by atoms with Crippen LogP contribution in [-0.2, 0) is 0 Å². The van der Waals surface area contributed by atoms with E-state index in [1.165, 1.54) is 0 Å². The maximum Gasteiger partial charge on any atom is 0.329 e. The Morgan fingerprint density at radius 1 is 1.14 bits per heavy atom. The molecule has 7 heavy (non-hydrogen) atoms. The highest BCUT2D eigenvalue weighted by molar-refractivity contribution is 5.15. The van der Waals surface area contributed by atoms with E-state index in [0.29, 0.717) is 6.67 Å². The summed E-state index contributed by atoms with van der Waals surface area (Å²) in [5.74, 6) is 0. The average molecular weight is 101 g/mol. The van der Waals surface area contributed by atoms with Gasteiger partial charge in [-0.05, 0) is 6.72 Å². The highest BCUT2D eigenvalue weighted by atomic mass is 14.9. The molecule has 0 aromatic rings. The van der Waals surface area contributed by atoms with Gasteiger partial charge in [-0.15, -0.1) is 0 Å². The van der Waals surface area contributed by atoms with E-state index in [2.05, 4.69) is 30.1 Å². The predicted octanol–water partition coefficient (Wildman–Crippen LogP) is -3.23. The fourth-order valence-electron chi connectivity index (χ4n) is 0.0884. The van der Waals surface area contributed by atoms with Crippen LogP contribution in [0, 0.1) is 5.41 Å². The second kappa shape index (κ2) is 19.9.